The van der Waals surface area contributed by atoms with Crippen LogP contribution >= 0.6 is 11.3 Å². The predicted octanol–water partition coefficient (Wildman–Crippen LogP) is 3.00. The van der Waals surface area contributed by atoms with Gasteiger partial charge >= 0.3 is 0 Å². The van der Waals surface area contributed by atoms with Gasteiger partial charge in [-0.15, -0.1) is 11.3 Å². The van der Waals surface area contributed by atoms with Gasteiger partial charge in [-0.3, -0.25) is 4.98 Å². The van der Waals surface area contributed by atoms with Crippen LogP contribution in [-0.4, -0.2) is 14.5 Å². The molecule has 96 valence electrons. The van der Waals surface area contributed by atoms with Crippen molar-refractivity contribution in [1.29, 1.82) is 0 Å². The number of hydrogen-bond donors (Lipinski definition) is 1. The highest BCUT2D eigenvalue weighted by molar-refractivity contribution is 7.09. The van der Waals surface area contributed by atoms with Gasteiger partial charge in [0.25, 0.3) is 0 Å². The molecule has 5 heteroatoms. The minimum atomic E-state index is 0.819. The number of rotatable bonds is 5. The molecular weight excluding hydrogens is 256 g/mol. The van der Waals surface area contributed by atoms with Crippen LogP contribution in [0, 0.1) is 0 Å². The number of anilines is 1. The maximum absolute atomic E-state index is 4.07. The molecule has 0 aliphatic heterocycles. The zero-order chi connectivity index (χ0) is 12.9. The first-order valence-electron chi connectivity index (χ1n) is 6.06. The molecule has 0 unspecified atom stereocenters. The standard InChI is InChI=1S/C14H14N4S/c1-2-12(9-18-5-4-15-10-18)6-13(3-1)17-8-14-7-16-11-19-14/h1-7,10-11,17H,8-9H2. The minimum absolute atomic E-state index is 0.819. The molecular formula is C14H14N4S. The lowest BCUT2D eigenvalue weighted by Crippen LogP contribution is -2.00. The number of aromatic nitrogens is 3. The quantitative estimate of drug-likeness (QED) is 0.775. The van der Waals surface area contributed by atoms with Crippen LogP contribution in [0.25, 0.3) is 0 Å². The van der Waals surface area contributed by atoms with E-state index in [1.807, 2.05) is 24.2 Å². The van der Waals surface area contributed by atoms with Gasteiger partial charge in [-0.25, -0.2) is 4.98 Å². The molecule has 0 aliphatic rings. The molecule has 4 nitrogen and oxygen atoms in total. The summed E-state index contributed by atoms with van der Waals surface area (Å²) in [5.74, 6) is 0. The topological polar surface area (TPSA) is 42.7 Å². The lowest BCUT2D eigenvalue weighted by Gasteiger charge is -2.08. The Labute approximate surface area is 115 Å². The Bertz CT molecular complexity index is 617. The maximum atomic E-state index is 4.07. The molecule has 0 bridgehead atoms. The van der Waals surface area contributed by atoms with Crippen LogP contribution < -0.4 is 5.32 Å². The third-order valence-corrected chi connectivity index (χ3v) is 3.58. The van der Waals surface area contributed by atoms with Gasteiger partial charge in [0, 0.05) is 35.7 Å². The summed E-state index contributed by atoms with van der Waals surface area (Å²) < 4.78 is 2.06. The molecule has 0 spiro atoms. The van der Waals surface area contributed by atoms with E-state index in [0.717, 1.165) is 18.8 Å². The molecule has 0 atom stereocenters. The lowest BCUT2D eigenvalue weighted by atomic mass is 10.2. The molecule has 0 aliphatic carbocycles. The Kier molecular flexibility index (Phi) is 3.56. The Hall–Kier alpha value is -2.14. The van der Waals surface area contributed by atoms with E-state index in [1.54, 1.807) is 17.5 Å². The zero-order valence-corrected chi connectivity index (χ0v) is 11.2. The number of nitrogens with zero attached hydrogens (tertiary/aromatic N) is 3. The van der Waals surface area contributed by atoms with Crippen molar-refractivity contribution in [1.82, 2.24) is 14.5 Å². The summed E-state index contributed by atoms with van der Waals surface area (Å²) in [5, 5.41) is 3.41. The number of imidazole rings is 1. The Balaban J connectivity index is 1.66. The largest absolute Gasteiger partial charge is 0.380 e. The van der Waals surface area contributed by atoms with Gasteiger partial charge in [0.15, 0.2) is 0 Å². The van der Waals surface area contributed by atoms with Crippen LogP contribution in [0.1, 0.15) is 10.4 Å². The summed E-state index contributed by atoms with van der Waals surface area (Å²) in [4.78, 5) is 9.36. The normalized spacial score (nSPS) is 10.5. The number of thiazole rings is 1. The molecule has 0 amide bonds. The Morgan fingerprint density at radius 2 is 2.26 bits per heavy atom. The van der Waals surface area contributed by atoms with E-state index in [1.165, 1.54) is 10.4 Å². The predicted molar refractivity (Wildman–Crippen MR) is 77.2 cm³/mol. The summed E-state index contributed by atoms with van der Waals surface area (Å²) >= 11 is 1.66. The summed E-state index contributed by atoms with van der Waals surface area (Å²) in [6, 6.07) is 8.44. The summed E-state index contributed by atoms with van der Waals surface area (Å²) in [7, 11) is 0. The minimum Gasteiger partial charge on any atom is -0.380 e. The van der Waals surface area contributed by atoms with Gasteiger partial charge < -0.3 is 9.88 Å². The van der Waals surface area contributed by atoms with Gasteiger partial charge in [0.1, 0.15) is 0 Å². The van der Waals surface area contributed by atoms with E-state index in [9.17, 15) is 0 Å². The Morgan fingerprint density at radius 1 is 1.26 bits per heavy atom. The maximum Gasteiger partial charge on any atom is 0.0949 e. The molecule has 3 aromatic rings. The molecule has 19 heavy (non-hydrogen) atoms. The van der Waals surface area contributed by atoms with Crippen LogP contribution in [0.15, 0.2) is 54.7 Å². The van der Waals surface area contributed by atoms with E-state index >= 15 is 0 Å². The molecule has 0 radical (unpaired) electrons. The van der Waals surface area contributed by atoms with Crippen LogP contribution in [0.4, 0.5) is 5.69 Å². The Morgan fingerprint density at radius 3 is 3.05 bits per heavy atom. The molecule has 2 heterocycles. The third kappa shape index (κ3) is 3.20. The molecule has 2 aromatic heterocycles. The van der Waals surface area contributed by atoms with E-state index in [0.29, 0.717) is 0 Å². The van der Waals surface area contributed by atoms with Gasteiger partial charge in [0.05, 0.1) is 18.4 Å². The SMILES string of the molecule is c1cc(Cn2ccnc2)cc(NCc2cncs2)c1. The molecule has 1 N–H and O–H groups in total. The second-order valence-electron chi connectivity index (χ2n) is 4.26. The van der Waals surface area contributed by atoms with Crippen molar-refractivity contribution in [2.75, 3.05) is 5.32 Å². The number of hydrogen-bond acceptors (Lipinski definition) is 4. The van der Waals surface area contributed by atoms with Crippen molar-refractivity contribution in [3.63, 3.8) is 0 Å². The van der Waals surface area contributed by atoms with Crippen LogP contribution in [-0.2, 0) is 13.1 Å². The third-order valence-electron chi connectivity index (χ3n) is 2.80. The smallest absolute Gasteiger partial charge is 0.0949 e. The average Bonchev–Trinajstić information content (AvgIpc) is 3.10. The first-order valence-corrected chi connectivity index (χ1v) is 6.94. The molecule has 3 rings (SSSR count). The van der Waals surface area contributed by atoms with Crippen LogP contribution in [0.2, 0.25) is 0 Å². The fraction of sp³-hybridized carbons (Fsp3) is 0.143. The highest BCUT2D eigenvalue weighted by Gasteiger charge is 1.98. The van der Waals surface area contributed by atoms with E-state index in [2.05, 4.69) is 44.1 Å². The zero-order valence-electron chi connectivity index (χ0n) is 10.4. The van der Waals surface area contributed by atoms with E-state index in [4.69, 9.17) is 0 Å². The van der Waals surface area contributed by atoms with E-state index in [-0.39, 0.29) is 0 Å². The van der Waals surface area contributed by atoms with Crippen LogP contribution in [0.3, 0.4) is 0 Å². The van der Waals surface area contributed by atoms with Crippen molar-refractivity contribution >= 4 is 17.0 Å². The molecule has 0 fully saturated rings. The fourth-order valence-corrected chi connectivity index (χ4v) is 2.42. The molecule has 0 saturated carbocycles. The summed E-state index contributed by atoms with van der Waals surface area (Å²) in [6.45, 7) is 1.66. The van der Waals surface area contributed by atoms with Crippen LogP contribution in [0.5, 0.6) is 0 Å². The van der Waals surface area contributed by atoms with Gasteiger partial charge in [-0.2, -0.15) is 0 Å². The summed E-state index contributed by atoms with van der Waals surface area (Å²) in [5.41, 5.74) is 4.24. The van der Waals surface area contributed by atoms with Crippen molar-refractivity contribution in [2.24, 2.45) is 0 Å². The summed E-state index contributed by atoms with van der Waals surface area (Å²) in [6.07, 6.45) is 7.49. The van der Waals surface area contributed by atoms with Gasteiger partial charge in [-0.1, -0.05) is 12.1 Å². The fourth-order valence-electron chi connectivity index (χ4n) is 1.89. The highest BCUT2D eigenvalue weighted by Crippen LogP contribution is 2.14. The van der Waals surface area contributed by atoms with Crippen molar-refractivity contribution < 1.29 is 0 Å². The van der Waals surface area contributed by atoms with Gasteiger partial charge in [-0.05, 0) is 17.7 Å². The van der Waals surface area contributed by atoms with Crippen molar-refractivity contribution in [3.05, 3.63) is 65.1 Å². The van der Waals surface area contributed by atoms with Crippen molar-refractivity contribution in [2.45, 2.75) is 13.1 Å². The van der Waals surface area contributed by atoms with Gasteiger partial charge in [0.2, 0.25) is 0 Å². The average molecular weight is 270 g/mol. The monoisotopic (exact) mass is 270 g/mol. The van der Waals surface area contributed by atoms with E-state index < -0.39 is 0 Å². The number of nitrogens with one attached hydrogen (secondary N) is 1. The first kappa shape index (κ1) is 11.9. The second-order valence-corrected chi connectivity index (χ2v) is 5.23. The lowest BCUT2D eigenvalue weighted by molar-refractivity contribution is 0.797. The first-order chi connectivity index (χ1) is 9.40. The molecule has 0 saturated heterocycles. The molecule has 1 aromatic carbocycles. The van der Waals surface area contributed by atoms with Crippen molar-refractivity contribution in [3.8, 4) is 0 Å². The number of benzene rings is 1. The highest BCUT2D eigenvalue weighted by atomic mass is 32.1. The second kappa shape index (κ2) is 5.67.